The van der Waals surface area contributed by atoms with Crippen LogP contribution in [0.5, 0.6) is 0 Å². The number of carbonyl (C=O) groups is 1. The van der Waals surface area contributed by atoms with Gasteiger partial charge in [0, 0.05) is 0 Å². The van der Waals surface area contributed by atoms with E-state index in [1.807, 2.05) is 0 Å². The Morgan fingerprint density at radius 1 is 1.17 bits per heavy atom. The van der Waals surface area contributed by atoms with Crippen molar-refractivity contribution in [1.82, 2.24) is 4.90 Å². The number of hydrogen-bond acceptors (Lipinski definition) is 2. The standard InChI is InChI=1S/C13H15F2NO2/c14-9-5-4-6-10(15)11(9)12(13(17)18)16-7-2-1-3-8-16/h4-6,12H,1-3,7-8H2,(H,17,18)/t12-/m0/s1. The van der Waals surface area contributed by atoms with Crippen LogP contribution in [-0.2, 0) is 4.79 Å². The molecule has 18 heavy (non-hydrogen) atoms. The first-order chi connectivity index (χ1) is 8.61. The van der Waals surface area contributed by atoms with Crippen LogP contribution in [0.15, 0.2) is 18.2 Å². The summed E-state index contributed by atoms with van der Waals surface area (Å²) >= 11 is 0. The number of piperidine rings is 1. The molecule has 1 aromatic carbocycles. The van der Waals surface area contributed by atoms with Gasteiger partial charge in [-0.2, -0.15) is 0 Å². The fraction of sp³-hybridized carbons (Fsp3) is 0.462. The lowest BCUT2D eigenvalue weighted by molar-refractivity contribution is -0.144. The van der Waals surface area contributed by atoms with Gasteiger partial charge in [0.25, 0.3) is 0 Å². The van der Waals surface area contributed by atoms with Gasteiger partial charge >= 0.3 is 5.97 Å². The predicted octanol–water partition coefficient (Wildman–Crippen LogP) is 2.58. The van der Waals surface area contributed by atoms with Gasteiger partial charge in [0.2, 0.25) is 0 Å². The number of nitrogens with zero attached hydrogens (tertiary/aromatic N) is 1. The van der Waals surface area contributed by atoms with Crippen LogP contribution in [0.2, 0.25) is 0 Å². The lowest BCUT2D eigenvalue weighted by Gasteiger charge is -2.32. The minimum absolute atomic E-state index is 0.355. The maximum absolute atomic E-state index is 13.7. The molecule has 1 saturated heterocycles. The van der Waals surface area contributed by atoms with Gasteiger partial charge in [0.1, 0.15) is 17.7 Å². The molecule has 98 valence electrons. The molecule has 0 radical (unpaired) electrons. The Bertz CT molecular complexity index is 424. The quantitative estimate of drug-likeness (QED) is 0.902. The van der Waals surface area contributed by atoms with Gasteiger partial charge in [-0.15, -0.1) is 0 Å². The monoisotopic (exact) mass is 255 g/mol. The molecule has 1 heterocycles. The summed E-state index contributed by atoms with van der Waals surface area (Å²) in [6.07, 6.45) is 2.75. The lowest BCUT2D eigenvalue weighted by Crippen LogP contribution is -2.38. The molecule has 1 aliphatic heterocycles. The van der Waals surface area contributed by atoms with Crippen LogP contribution in [-0.4, -0.2) is 29.1 Å². The van der Waals surface area contributed by atoms with E-state index in [0.717, 1.165) is 31.4 Å². The van der Waals surface area contributed by atoms with E-state index in [9.17, 15) is 18.7 Å². The smallest absolute Gasteiger partial charge is 0.325 e. The van der Waals surface area contributed by atoms with E-state index in [2.05, 4.69) is 0 Å². The molecule has 0 saturated carbocycles. The lowest BCUT2D eigenvalue weighted by atomic mass is 10.0. The highest BCUT2D eigenvalue weighted by molar-refractivity contribution is 5.75. The Hall–Kier alpha value is -1.49. The SMILES string of the molecule is O=C(O)[C@H](c1c(F)cccc1F)N1CCCCC1. The van der Waals surface area contributed by atoms with E-state index in [1.54, 1.807) is 4.90 Å². The van der Waals surface area contributed by atoms with Crippen LogP contribution in [0.1, 0.15) is 30.9 Å². The maximum atomic E-state index is 13.7. The Balaban J connectivity index is 2.37. The Kier molecular flexibility index (Phi) is 3.91. The summed E-state index contributed by atoms with van der Waals surface area (Å²) in [4.78, 5) is 13.0. The fourth-order valence-electron chi connectivity index (χ4n) is 2.41. The van der Waals surface area contributed by atoms with E-state index in [-0.39, 0.29) is 5.56 Å². The molecule has 1 aromatic rings. The zero-order valence-corrected chi connectivity index (χ0v) is 9.90. The number of carboxylic acid groups (broad SMARTS) is 1. The second-order valence-corrected chi connectivity index (χ2v) is 4.47. The summed E-state index contributed by atoms with van der Waals surface area (Å²) < 4.78 is 27.4. The maximum Gasteiger partial charge on any atom is 0.325 e. The molecule has 0 aliphatic carbocycles. The largest absolute Gasteiger partial charge is 0.480 e. The first kappa shape index (κ1) is 13.0. The Morgan fingerprint density at radius 2 is 1.72 bits per heavy atom. The molecule has 0 unspecified atom stereocenters. The summed E-state index contributed by atoms with van der Waals surface area (Å²) in [5.74, 6) is -2.80. The van der Waals surface area contributed by atoms with Gasteiger partial charge in [-0.3, -0.25) is 9.69 Å². The van der Waals surface area contributed by atoms with E-state index in [4.69, 9.17) is 0 Å². The highest BCUT2D eigenvalue weighted by Crippen LogP contribution is 2.28. The summed E-state index contributed by atoms with van der Waals surface area (Å²) in [5.41, 5.74) is -0.355. The molecule has 1 aliphatic rings. The number of aliphatic carboxylic acids is 1. The van der Waals surface area contributed by atoms with E-state index in [1.165, 1.54) is 6.07 Å². The fourth-order valence-corrected chi connectivity index (χ4v) is 2.41. The van der Waals surface area contributed by atoms with Crippen LogP contribution in [0, 0.1) is 11.6 Å². The van der Waals surface area contributed by atoms with Crippen molar-refractivity contribution < 1.29 is 18.7 Å². The Labute approximate surface area is 104 Å². The van der Waals surface area contributed by atoms with Crippen molar-refractivity contribution in [3.05, 3.63) is 35.4 Å². The van der Waals surface area contributed by atoms with Crippen molar-refractivity contribution in [3.63, 3.8) is 0 Å². The number of carboxylic acids is 1. The molecular weight excluding hydrogens is 240 g/mol. The molecule has 0 spiro atoms. The summed E-state index contributed by atoms with van der Waals surface area (Å²) in [6.45, 7) is 1.12. The van der Waals surface area contributed by atoms with Crippen LogP contribution < -0.4 is 0 Å². The van der Waals surface area contributed by atoms with Crippen molar-refractivity contribution >= 4 is 5.97 Å². The van der Waals surface area contributed by atoms with Crippen LogP contribution in [0.4, 0.5) is 8.78 Å². The summed E-state index contributed by atoms with van der Waals surface area (Å²) in [7, 11) is 0. The molecule has 1 N–H and O–H groups in total. The zero-order valence-electron chi connectivity index (χ0n) is 9.90. The van der Waals surface area contributed by atoms with Gasteiger partial charge in [0.05, 0.1) is 5.56 Å². The average molecular weight is 255 g/mol. The van der Waals surface area contributed by atoms with Gasteiger partial charge in [-0.05, 0) is 38.1 Å². The normalized spacial score (nSPS) is 18.6. The topological polar surface area (TPSA) is 40.5 Å². The third kappa shape index (κ3) is 2.51. The first-order valence-corrected chi connectivity index (χ1v) is 6.02. The summed E-state index contributed by atoms with van der Waals surface area (Å²) in [5, 5.41) is 9.25. The van der Waals surface area contributed by atoms with Gasteiger partial charge in [0.15, 0.2) is 0 Å². The molecule has 2 rings (SSSR count). The molecule has 0 aromatic heterocycles. The highest BCUT2D eigenvalue weighted by atomic mass is 19.1. The number of rotatable bonds is 3. The van der Waals surface area contributed by atoms with Crippen LogP contribution in [0.25, 0.3) is 0 Å². The zero-order chi connectivity index (χ0) is 13.1. The van der Waals surface area contributed by atoms with Crippen LogP contribution >= 0.6 is 0 Å². The molecule has 1 fully saturated rings. The first-order valence-electron chi connectivity index (χ1n) is 6.02. The Morgan fingerprint density at radius 3 is 2.22 bits per heavy atom. The van der Waals surface area contributed by atoms with Gasteiger partial charge < -0.3 is 5.11 Å². The second-order valence-electron chi connectivity index (χ2n) is 4.47. The predicted molar refractivity (Wildman–Crippen MR) is 62.2 cm³/mol. The minimum atomic E-state index is -1.23. The number of halogens is 2. The van der Waals surface area contributed by atoms with Crippen LogP contribution in [0.3, 0.4) is 0 Å². The average Bonchev–Trinajstić information content (AvgIpc) is 2.34. The summed E-state index contributed by atoms with van der Waals surface area (Å²) in [6, 6.07) is 2.20. The van der Waals surface area contributed by atoms with Crippen molar-refractivity contribution in [2.45, 2.75) is 25.3 Å². The molecule has 0 bridgehead atoms. The molecule has 5 heteroatoms. The van der Waals surface area contributed by atoms with Crippen molar-refractivity contribution in [2.75, 3.05) is 13.1 Å². The van der Waals surface area contributed by atoms with Crippen molar-refractivity contribution in [3.8, 4) is 0 Å². The molecular formula is C13H15F2NO2. The second kappa shape index (κ2) is 5.44. The molecule has 1 atom stereocenters. The van der Waals surface area contributed by atoms with E-state index in [0.29, 0.717) is 13.1 Å². The molecule has 3 nitrogen and oxygen atoms in total. The van der Waals surface area contributed by atoms with E-state index >= 15 is 0 Å². The van der Waals surface area contributed by atoms with Crippen molar-refractivity contribution in [1.29, 1.82) is 0 Å². The number of hydrogen-bond donors (Lipinski definition) is 1. The van der Waals surface area contributed by atoms with Crippen molar-refractivity contribution in [2.24, 2.45) is 0 Å². The van der Waals surface area contributed by atoms with Gasteiger partial charge in [-0.1, -0.05) is 12.5 Å². The highest BCUT2D eigenvalue weighted by Gasteiger charge is 2.32. The third-order valence-corrected chi connectivity index (χ3v) is 3.26. The van der Waals surface area contributed by atoms with Gasteiger partial charge in [-0.25, -0.2) is 8.78 Å². The number of likely N-dealkylation sites (tertiary alicyclic amines) is 1. The van der Waals surface area contributed by atoms with E-state index < -0.39 is 23.6 Å². The minimum Gasteiger partial charge on any atom is -0.480 e. The molecule has 0 amide bonds. The third-order valence-electron chi connectivity index (χ3n) is 3.26. The number of benzene rings is 1.